The van der Waals surface area contributed by atoms with Crippen molar-refractivity contribution in [1.29, 1.82) is 5.26 Å². The highest BCUT2D eigenvalue weighted by Crippen LogP contribution is 2.37. The first-order chi connectivity index (χ1) is 9.06. The van der Waals surface area contributed by atoms with Crippen LogP contribution in [0, 0.1) is 29.9 Å². The number of hydrogen-bond donors (Lipinski definition) is 1. The summed E-state index contributed by atoms with van der Waals surface area (Å²) in [6.45, 7) is 9.50. The minimum atomic E-state index is -0.675. The maximum Gasteiger partial charge on any atom is 0.144 e. The fraction of sp³-hybridized carbons (Fsp3) is 0.357. The third kappa shape index (κ3) is 3.21. The van der Waals surface area contributed by atoms with Crippen LogP contribution in [0.5, 0.6) is 0 Å². The third-order valence-corrected chi connectivity index (χ3v) is 3.28. The van der Waals surface area contributed by atoms with Crippen molar-refractivity contribution < 1.29 is 8.78 Å². The zero-order valence-electron chi connectivity index (χ0n) is 11.8. The molecule has 0 saturated heterocycles. The molecule has 0 atom stereocenters. The number of anilines is 1. The molecule has 0 aliphatic rings. The van der Waals surface area contributed by atoms with Gasteiger partial charge in [-0.1, -0.05) is 27.7 Å². The molecule has 1 heterocycles. The molecule has 5 heteroatoms. The van der Waals surface area contributed by atoms with E-state index in [0.717, 1.165) is 17.4 Å². The standard InChI is InChI=1S/C10H6F2N2S.2C2H6/c1-4-6(11)2-7(12)9-8(4)5(3-13)10(14)15-9;2*1-2/h2H,14H2,1H3;2*1-2H3. The van der Waals surface area contributed by atoms with E-state index in [1.54, 1.807) is 0 Å². The Balaban J connectivity index is 0.000000741. The predicted octanol–water partition coefficient (Wildman–Crippen LogP) is 4.99. The van der Waals surface area contributed by atoms with E-state index in [0.29, 0.717) is 0 Å². The van der Waals surface area contributed by atoms with Crippen LogP contribution in [0.15, 0.2) is 6.07 Å². The lowest BCUT2D eigenvalue weighted by atomic mass is 10.1. The summed E-state index contributed by atoms with van der Waals surface area (Å²) in [6.07, 6.45) is 0. The lowest BCUT2D eigenvalue weighted by Crippen LogP contribution is -1.89. The van der Waals surface area contributed by atoms with E-state index < -0.39 is 11.6 Å². The summed E-state index contributed by atoms with van der Waals surface area (Å²) in [7, 11) is 0. The van der Waals surface area contributed by atoms with Gasteiger partial charge >= 0.3 is 0 Å². The van der Waals surface area contributed by atoms with E-state index in [4.69, 9.17) is 11.0 Å². The van der Waals surface area contributed by atoms with Crippen LogP contribution in [-0.4, -0.2) is 0 Å². The average molecular weight is 284 g/mol. The van der Waals surface area contributed by atoms with Crippen molar-refractivity contribution in [2.45, 2.75) is 34.6 Å². The summed E-state index contributed by atoms with van der Waals surface area (Å²) in [5.41, 5.74) is 5.98. The second-order valence-corrected chi connectivity index (χ2v) is 4.17. The van der Waals surface area contributed by atoms with Crippen LogP contribution >= 0.6 is 11.3 Å². The second-order valence-electron chi connectivity index (χ2n) is 3.12. The molecule has 2 rings (SSSR count). The lowest BCUT2D eigenvalue weighted by molar-refractivity contribution is 0.587. The number of benzene rings is 1. The van der Waals surface area contributed by atoms with Crippen molar-refractivity contribution in [1.82, 2.24) is 0 Å². The number of aryl methyl sites for hydroxylation is 1. The van der Waals surface area contributed by atoms with Gasteiger partial charge in [0.15, 0.2) is 0 Å². The highest BCUT2D eigenvalue weighted by molar-refractivity contribution is 7.23. The molecular formula is C14H18F2N2S. The molecular weight excluding hydrogens is 266 g/mol. The highest BCUT2D eigenvalue weighted by Gasteiger charge is 2.17. The van der Waals surface area contributed by atoms with Crippen molar-refractivity contribution in [3.63, 3.8) is 0 Å². The van der Waals surface area contributed by atoms with Gasteiger partial charge in [-0.15, -0.1) is 11.3 Å². The Labute approximate surface area is 116 Å². The van der Waals surface area contributed by atoms with E-state index >= 15 is 0 Å². The Bertz CT molecular complexity index is 598. The van der Waals surface area contributed by atoms with Crippen molar-refractivity contribution in [3.05, 3.63) is 28.8 Å². The van der Waals surface area contributed by atoms with Gasteiger partial charge in [-0.3, -0.25) is 0 Å². The summed E-state index contributed by atoms with van der Waals surface area (Å²) >= 11 is 0.966. The maximum atomic E-state index is 13.4. The molecule has 104 valence electrons. The quantitative estimate of drug-likeness (QED) is 0.740. The Morgan fingerprint density at radius 3 is 2.16 bits per heavy atom. The minimum absolute atomic E-state index is 0.158. The number of nitriles is 1. The molecule has 2 aromatic rings. The zero-order valence-corrected chi connectivity index (χ0v) is 12.6. The first-order valence-electron chi connectivity index (χ1n) is 6.13. The summed E-state index contributed by atoms with van der Waals surface area (Å²) in [5.74, 6) is -1.33. The molecule has 0 saturated carbocycles. The maximum absolute atomic E-state index is 13.4. The summed E-state index contributed by atoms with van der Waals surface area (Å²) in [5, 5.41) is 9.36. The number of nitrogen functional groups attached to an aromatic ring is 1. The first-order valence-corrected chi connectivity index (χ1v) is 6.94. The molecule has 1 aromatic heterocycles. The van der Waals surface area contributed by atoms with Gasteiger partial charge in [0.05, 0.1) is 10.3 Å². The minimum Gasteiger partial charge on any atom is -0.389 e. The van der Waals surface area contributed by atoms with Crippen molar-refractivity contribution in [2.24, 2.45) is 0 Å². The van der Waals surface area contributed by atoms with E-state index in [1.807, 2.05) is 33.8 Å². The highest BCUT2D eigenvalue weighted by atomic mass is 32.1. The van der Waals surface area contributed by atoms with Gasteiger partial charge in [-0.05, 0) is 12.5 Å². The van der Waals surface area contributed by atoms with E-state index in [-0.39, 0.29) is 26.2 Å². The zero-order chi connectivity index (χ0) is 15.2. The van der Waals surface area contributed by atoms with Crippen molar-refractivity contribution >= 4 is 26.4 Å². The summed E-state index contributed by atoms with van der Waals surface area (Å²) in [6, 6.07) is 2.68. The number of nitrogens with two attached hydrogens (primary N) is 1. The molecule has 1 aromatic carbocycles. The smallest absolute Gasteiger partial charge is 0.144 e. The van der Waals surface area contributed by atoms with Crippen LogP contribution in [0.4, 0.5) is 13.8 Å². The molecule has 0 radical (unpaired) electrons. The van der Waals surface area contributed by atoms with E-state index in [9.17, 15) is 8.78 Å². The number of halogens is 2. The molecule has 0 aliphatic heterocycles. The van der Waals surface area contributed by atoms with Crippen LogP contribution in [-0.2, 0) is 0 Å². The molecule has 19 heavy (non-hydrogen) atoms. The van der Waals surface area contributed by atoms with Gasteiger partial charge < -0.3 is 5.73 Å². The van der Waals surface area contributed by atoms with Crippen molar-refractivity contribution in [2.75, 3.05) is 5.73 Å². The Morgan fingerprint density at radius 2 is 1.68 bits per heavy atom. The van der Waals surface area contributed by atoms with Gasteiger partial charge in [0, 0.05) is 11.5 Å². The average Bonchev–Trinajstić information content (AvgIpc) is 2.78. The molecule has 0 fully saturated rings. The fourth-order valence-corrected chi connectivity index (χ4v) is 2.47. The Hall–Kier alpha value is -1.67. The lowest BCUT2D eigenvalue weighted by Gasteiger charge is -1.99. The van der Waals surface area contributed by atoms with Gasteiger partial charge in [0.25, 0.3) is 0 Å². The molecule has 0 aliphatic carbocycles. The number of nitrogens with zero attached hydrogens (tertiary/aromatic N) is 1. The largest absolute Gasteiger partial charge is 0.389 e. The molecule has 0 unspecified atom stereocenters. The molecule has 0 spiro atoms. The van der Waals surface area contributed by atoms with E-state index in [1.165, 1.54) is 6.92 Å². The van der Waals surface area contributed by atoms with Crippen molar-refractivity contribution in [3.8, 4) is 6.07 Å². The van der Waals surface area contributed by atoms with Crippen LogP contribution in [0.25, 0.3) is 10.1 Å². The molecule has 2 nitrogen and oxygen atoms in total. The third-order valence-electron chi connectivity index (χ3n) is 2.25. The van der Waals surface area contributed by atoms with Crippen LogP contribution in [0.3, 0.4) is 0 Å². The fourth-order valence-electron chi connectivity index (χ4n) is 1.49. The number of fused-ring (bicyclic) bond motifs is 1. The van der Waals surface area contributed by atoms with Gasteiger partial charge in [0.2, 0.25) is 0 Å². The normalized spacial score (nSPS) is 8.95. The molecule has 0 amide bonds. The van der Waals surface area contributed by atoms with Crippen LogP contribution in [0.1, 0.15) is 38.8 Å². The predicted molar refractivity (Wildman–Crippen MR) is 78.3 cm³/mol. The summed E-state index contributed by atoms with van der Waals surface area (Å²) < 4.78 is 26.9. The van der Waals surface area contributed by atoms with Gasteiger partial charge in [-0.25, -0.2) is 8.78 Å². The van der Waals surface area contributed by atoms with E-state index in [2.05, 4.69) is 0 Å². The first kappa shape index (κ1) is 17.3. The number of rotatable bonds is 0. The summed E-state index contributed by atoms with van der Waals surface area (Å²) in [4.78, 5) is 0. The Kier molecular flexibility index (Phi) is 7.02. The van der Waals surface area contributed by atoms with Crippen LogP contribution in [0.2, 0.25) is 0 Å². The van der Waals surface area contributed by atoms with Gasteiger partial charge in [-0.2, -0.15) is 5.26 Å². The number of thiophene rings is 1. The molecule has 0 bridgehead atoms. The van der Waals surface area contributed by atoms with Crippen LogP contribution < -0.4 is 5.73 Å². The monoisotopic (exact) mass is 284 g/mol. The topological polar surface area (TPSA) is 49.8 Å². The SMILES string of the molecule is CC.CC.Cc1c(F)cc(F)c2sc(N)c(C#N)c12. The Morgan fingerprint density at radius 1 is 1.16 bits per heavy atom. The second kappa shape index (κ2) is 7.70. The molecule has 2 N–H and O–H groups in total. The number of hydrogen-bond acceptors (Lipinski definition) is 3. The van der Waals surface area contributed by atoms with Gasteiger partial charge in [0.1, 0.15) is 22.7 Å².